The molecule has 0 saturated carbocycles. The van der Waals surface area contributed by atoms with Gasteiger partial charge in [0.1, 0.15) is 6.04 Å². The van der Waals surface area contributed by atoms with Gasteiger partial charge in [-0.25, -0.2) is 12.7 Å². The van der Waals surface area contributed by atoms with Gasteiger partial charge in [0.25, 0.3) is 5.91 Å². The molecule has 0 aliphatic carbocycles. The largest absolute Gasteiger partial charge is 1.00 e. The Bertz CT molecular complexity index is 289. The van der Waals surface area contributed by atoms with Gasteiger partial charge in [-0.05, 0) is 6.92 Å². The first-order chi connectivity index (χ1) is 4.85. The molecular weight excluding hydrogens is 305 g/mol. The zero-order valence-corrected chi connectivity index (χ0v) is 13.8. The van der Waals surface area contributed by atoms with Crippen LogP contribution in [0.5, 0.6) is 0 Å². The van der Waals surface area contributed by atoms with Crippen LogP contribution in [0.3, 0.4) is 0 Å². The van der Waals surface area contributed by atoms with Gasteiger partial charge in [-0.15, -0.1) is 0 Å². The van der Waals surface area contributed by atoms with Crippen LogP contribution in [0.4, 0.5) is 0 Å². The summed E-state index contributed by atoms with van der Waals surface area (Å²) in [5.74, 6) is -0.826. The fraction of sp³-hybridized carbons (Fsp3) is 0.750. The van der Waals surface area contributed by atoms with Gasteiger partial charge in [-0.1, -0.05) is 0 Å². The topological polar surface area (TPSA) is 104 Å². The van der Waals surface area contributed by atoms with Crippen molar-refractivity contribution in [3.63, 3.8) is 0 Å². The van der Waals surface area contributed by atoms with Crippen molar-refractivity contribution in [2.24, 2.45) is 5.73 Å². The molecule has 1 amide bonds. The molecule has 0 bridgehead atoms. The molecule has 12 heavy (non-hydrogen) atoms. The maximum absolute atomic E-state index is 10.6. The van der Waals surface area contributed by atoms with Gasteiger partial charge >= 0.3 is 68.9 Å². The van der Waals surface area contributed by atoms with E-state index in [2.05, 4.69) is 0 Å². The van der Waals surface area contributed by atoms with E-state index in [9.17, 15) is 17.8 Å². The summed E-state index contributed by atoms with van der Waals surface area (Å²) in [5.41, 5.74) is 5.16. The van der Waals surface area contributed by atoms with Crippen molar-refractivity contribution in [2.75, 3.05) is 0 Å². The summed E-state index contributed by atoms with van der Waals surface area (Å²) in [6.07, 6.45) is 0. The molecule has 0 aromatic carbocycles. The number of hydrogen-bond acceptors (Lipinski definition) is 5. The van der Waals surface area contributed by atoms with Gasteiger partial charge in [-0.2, -0.15) is 0 Å². The van der Waals surface area contributed by atoms with E-state index in [1.165, 1.54) is 6.92 Å². The van der Waals surface area contributed by atoms with E-state index in [0.717, 1.165) is 0 Å². The molecule has 0 spiro atoms. The first-order valence-corrected chi connectivity index (χ1v) is 4.27. The fourth-order valence-electron chi connectivity index (χ4n) is 0.932. The summed E-state index contributed by atoms with van der Waals surface area (Å²) in [4.78, 5) is 10.6. The monoisotopic (exact) mass is 312 g/mol. The molecule has 1 saturated heterocycles. The molecule has 8 heteroatoms. The van der Waals surface area contributed by atoms with Crippen molar-refractivity contribution in [1.29, 1.82) is 0 Å². The van der Waals surface area contributed by atoms with Crippen molar-refractivity contribution in [3.8, 4) is 0 Å². The third kappa shape index (κ3) is 2.25. The van der Waals surface area contributed by atoms with Crippen LogP contribution in [0.2, 0.25) is 0 Å². The van der Waals surface area contributed by atoms with Crippen molar-refractivity contribution in [3.05, 3.63) is 0 Å². The maximum Gasteiger partial charge on any atom is 1.00 e. The van der Waals surface area contributed by atoms with Crippen LogP contribution in [-0.4, -0.2) is 35.3 Å². The molecule has 6 nitrogen and oxygen atoms in total. The minimum atomic E-state index is -4.64. The van der Waals surface area contributed by atoms with Crippen LogP contribution in [0, 0.1) is 0 Å². The molecule has 0 aromatic rings. The Labute approximate surface area is 129 Å². The predicted octanol–water partition coefficient (Wildman–Crippen LogP) is -4.99. The van der Waals surface area contributed by atoms with E-state index < -0.39 is 28.3 Å². The second-order valence-electron chi connectivity index (χ2n) is 2.36. The number of carbonyl (C=O) groups is 1. The van der Waals surface area contributed by atoms with E-state index in [4.69, 9.17) is 5.73 Å². The second kappa shape index (κ2) is 4.28. The summed E-state index contributed by atoms with van der Waals surface area (Å²) in [6.45, 7) is 1.40. The number of hydrogen-bond donors (Lipinski definition) is 1. The molecule has 0 aromatic heterocycles. The normalized spacial score (nSPS) is 29.2. The molecule has 2 atom stereocenters. The SMILES string of the molecule is C[C@H]1[C@H](N)C(=O)N1S(=O)(=O)[O-].[Cs+]. The van der Waals surface area contributed by atoms with Crippen LogP contribution in [0.1, 0.15) is 6.92 Å². The molecule has 1 rings (SSSR count). The minimum Gasteiger partial charge on any atom is -0.731 e. The average Bonchev–Trinajstić information content (AvgIpc) is 1.85. The quantitative estimate of drug-likeness (QED) is 0.386. The van der Waals surface area contributed by atoms with E-state index >= 15 is 0 Å². The Morgan fingerprint density at radius 1 is 1.58 bits per heavy atom. The molecule has 1 fully saturated rings. The molecule has 0 radical (unpaired) electrons. The Hall–Kier alpha value is 1.39. The maximum atomic E-state index is 10.6. The van der Waals surface area contributed by atoms with Crippen molar-refractivity contribution in [1.82, 2.24) is 4.31 Å². The number of β-lactam (4-membered cyclic amide) rings is 1. The standard InChI is InChI=1S/C4H8N2O4S.Cs/c1-2-3(5)4(7)6(2)11(8,9)10;/h2-3H,5H2,1H3,(H,8,9,10);/q;+1/p-1/t2-,3-;/m0./s1. The van der Waals surface area contributed by atoms with E-state index in [1.807, 2.05) is 0 Å². The van der Waals surface area contributed by atoms with Gasteiger partial charge in [0.05, 0.1) is 6.04 Å². The Morgan fingerprint density at radius 3 is 2.17 bits per heavy atom. The van der Waals surface area contributed by atoms with Crippen LogP contribution in [0.15, 0.2) is 0 Å². The van der Waals surface area contributed by atoms with Crippen LogP contribution in [0.25, 0.3) is 0 Å². The van der Waals surface area contributed by atoms with E-state index in [0.29, 0.717) is 0 Å². The van der Waals surface area contributed by atoms with Crippen LogP contribution in [-0.2, 0) is 15.1 Å². The van der Waals surface area contributed by atoms with Crippen molar-refractivity contribution >= 4 is 16.2 Å². The number of rotatable bonds is 1. The third-order valence-corrected chi connectivity index (χ3v) is 2.63. The number of nitrogens with zero attached hydrogens (tertiary/aromatic N) is 1. The minimum absolute atomic E-state index is 0. The summed E-state index contributed by atoms with van der Waals surface area (Å²) in [6, 6.07) is -1.55. The van der Waals surface area contributed by atoms with Gasteiger partial charge in [-0.3, -0.25) is 4.79 Å². The summed E-state index contributed by atoms with van der Waals surface area (Å²) in [5, 5.41) is 0. The number of carbonyl (C=O) groups excluding carboxylic acids is 1. The van der Waals surface area contributed by atoms with Crippen LogP contribution >= 0.6 is 0 Å². The Kier molecular flexibility index (Phi) is 4.77. The van der Waals surface area contributed by atoms with E-state index in [-0.39, 0.29) is 73.2 Å². The molecule has 1 aliphatic rings. The van der Waals surface area contributed by atoms with Crippen molar-refractivity contribution in [2.45, 2.75) is 19.0 Å². The van der Waals surface area contributed by atoms with Crippen LogP contribution < -0.4 is 74.6 Å². The van der Waals surface area contributed by atoms with Gasteiger partial charge in [0.15, 0.2) is 10.3 Å². The summed E-state index contributed by atoms with van der Waals surface area (Å²) < 4.78 is 31.1. The smallest absolute Gasteiger partial charge is 0.731 e. The molecule has 2 N–H and O–H groups in total. The van der Waals surface area contributed by atoms with E-state index in [1.54, 1.807) is 0 Å². The number of amides is 1. The van der Waals surface area contributed by atoms with Crippen molar-refractivity contribution < 1.29 is 86.7 Å². The fourth-order valence-corrected chi connectivity index (χ4v) is 1.81. The predicted molar refractivity (Wildman–Crippen MR) is 34.0 cm³/mol. The molecule has 1 aliphatic heterocycles. The average molecular weight is 312 g/mol. The zero-order chi connectivity index (χ0) is 8.81. The summed E-state index contributed by atoms with van der Waals surface area (Å²) >= 11 is 0. The Morgan fingerprint density at radius 2 is 2.00 bits per heavy atom. The molecule has 64 valence electrons. The first kappa shape index (κ1) is 13.4. The second-order valence-corrected chi connectivity index (χ2v) is 3.61. The Balaban J connectivity index is 0.00000121. The summed E-state index contributed by atoms with van der Waals surface area (Å²) in [7, 11) is -4.64. The molecular formula is C4H7CsN2O4S. The zero-order valence-electron chi connectivity index (χ0n) is 6.72. The van der Waals surface area contributed by atoms with Gasteiger partial charge in [0.2, 0.25) is 0 Å². The third-order valence-electron chi connectivity index (χ3n) is 1.63. The molecule has 1 heterocycles. The number of nitrogens with two attached hydrogens (primary N) is 1. The van der Waals surface area contributed by atoms with Gasteiger partial charge in [0, 0.05) is 0 Å². The van der Waals surface area contributed by atoms with Gasteiger partial charge < -0.3 is 10.3 Å². The molecule has 0 unspecified atom stereocenters. The first-order valence-electron chi connectivity index (χ1n) is 2.90.